The summed E-state index contributed by atoms with van der Waals surface area (Å²) in [5.74, 6) is -1.68. The van der Waals surface area contributed by atoms with E-state index >= 15 is 0 Å². The Bertz CT molecular complexity index is 517. The van der Waals surface area contributed by atoms with Crippen molar-refractivity contribution in [1.29, 1.82) is 0 Å². The highest BCUT2D eigenvalue weighted by atomic mass is 32.2. The molecule has 0 bridgehead atoms. The van der Waals surface area contributed by atoms with E-state index in [-0.39, 0.29) is 4.90 Å². The fourth-order valence-corrected chi connectivity index (χ4v) is 2.49. The van der Waals surface area contributed by atoms with Gasteiger partial charge in [0.05, 0.1) is 16.1 Å². The minimum Gasteiger partial charge on any atom is -0.481 e. The van der Waals surface area contributed by atoms with Gasteiger partial charge < -0.3 is 5.11 Å². The highest BCUT2D eigenvalue weighted by Crippen LogP contribution is 2.22. The number of carbonyl (C=O) groups is 1. The van der Waals surface area contributed by atoms with Crippen LogP contribution >= 0.6 is 0 Å². The molecule has 0 heterocycles. The quantitative estimate of drug-likeness (QED) is 0.895. The van der Waals surface area contributed by atoms with Crippen molar-refractivity contribution in [3.8, 4) is 0 Å². The molecule has 0 radical (unpaired) electrons. The Labute approximate surface area is 101 Å². The lowest BCUT2D eigenvalue weighted by Crippen LogP contribution is -2.15. The van der Waals surface area contributed by atoms with E-state index in [9.17, 15) is 13.2 Å². The molecule has 1 aromatic rings. The maximum Gasteiger partial charge on any atom is 0.310 e. The molecule has 0 saturated carbocycles. The van der Waals surface area contributed by atoms with E-state index in [1.807, 2.05) is 0 Å². The van der Waals surface area contributed by atoms with E-state index in [1.165, 1.54) is 19.1 Å². The zero-order valence-corrected chi connectivity index (χ0v) is 10.9. The molecule has 1 N–H and O–H groups in total. The van der Waals surface area contributed by atoms with Gasteiger partial charge in [0.15, 0.2) is 9.84 Å². The summed E-state index contributed by atoms with van der Waals surface area (Å²) in [6, 6.07) is 6.13. The normalized spacial score (nSPS) is 13.6. The topological polar surface area (TPSA) is 71.4 Å². The number of carboxylic acid groups (broad SMARTS) is 1. The van der Waals surface area contributed by atoms with Gasteiger partial charge in [-0.1, -0.05) is 12.1 Å². The number of carboxylic acids is 1. The molecule has 0 aliphatic rings. The summed E-state index contributed by atoms with van der Waals surface area (Å²) in [4.78, 5) is 11.0. The summed E-state index contributed by atoms with van der Waals surface area (Å²) >= 11 is 0. The highest BCUT2D eigenvalue weighted by Gasteiger charge is 2.21. The summed E-state index contributed by atoms with van der Waals surface area (Å²) in [5.41, 5.74) is 0.499. The van der Waals surface area contributed by atoms with Crippen LogP contribution in [0.2, 0.25) is 0 Å². The van der Waals surface area contributed by atoms with Crippen molar-refractivity contribution in [2.75, 3.05) is 0 Å². The van der Waals surface area contributed by atoms with Crippen LogP contribution in [0.5, 0.6) is 0 Å². The molecular formula is C12H16O4S. The Morgan fingerprint density at radius 1 is 1.24 bits per heavy atom. The van der Waals surface area contributed by atoms with Crippen LogP contribution in [0.15, 0.2) is 29.2 Å². The van der Waals surface area contributed by atoms with Gasteiger partial charge in [0.2, 0.25) is 0 Å². The van der Waals surface area contributed by atoms with Gasteiger partial charge in [0, 0.05) is 0 Å². The van der Waals surface area contributed by atoms with Crippen molar-refractivity contribution in [2.45, 2.75) is 36.8 Å². The van der Waals surface area contributed by atoms with Crippen LogP contribution in [-0.4, -0.2) is 24.7 Å². The maximum absolute atomic E-state index is 11.9. The molecule has 0 aliphatic heterocycles. The first-order valence-corrected chi connectivity index (χ1v) is 6.88. The third-order valence-electron chi connectivity index (χ3n) is 2.68. The van der Waals surface area contributed by atoms with Crippen LogP contribution in [0.25, 0.3) is 0 Å². The smallest absolute Gasteiger partial charge is 0.310 e. The fourth-order valence-electron chi connectivity index (χ4n) is 1.38. The lowest BCUT2D eigenvalue weighted by molar-refractivity contribution is -0.138. The number of hydrogen-bond acceptors (Lipinski definition) is 3. The molecule has 94 valence electrons. The minimum atomic E-state index is -3.35. The van der Waals surface area contributed by atoms with E-state index in [1.54, 1.807) is 26.0 Å². The SMILES string of the molecule is CC(C(=O)O)c1cccc(S(=O)(=O)C(C)C)c1. The second kappa shape index (κ2) is 4.87. The van der Waals surface area contributed by atoms with Crippen molar-refractivity contribution in [2.24, 2.45) is 0 Å². The summed E-state index contributed by atoms with van der Waals surface area (Å²) in [6.07, 6.45) is 0. The van der Waals surface area contributed by atoms with Crippen LogP contribution in [0.1, 0.15) is 32.3 Å². The van der Waals surface area contributed by atoms with Gasteiger partial charge in [-0.05, 0) is 38.5 Å². The third-order valence-corrected chi connectivity index (χ3v) is 4.83. The van der Waals surface area contributed by atoms with E-state index in [4.69, 9.17) is 5.11 Å². The van der Waals surface area contributed by atoms with Crippen LogP contribution < -0.4 is 0 Å². The molecule has 1 rings (SSSR count). The van der Waals surface area contributed by atoms with Gasteiger partial charge in [-0.25, -0.2) is 8.42 Å². The first-order chi connectivity index (χ1) is 7.76. The first-order valence-electron chi connectivity index (χ1n) is 5.33. The number of benzene rings is 1. The van der Waals surface area contributed by atoms with E-state index in [2.05, 4.69) is 0 Å². The molecule has 4 nitrogen and oxygen atoms in total. The van der Waals surface area contributed by atoms with Crippen LogP contribution in [0.3, 0.4) is 0 Å². The molecule has 1 unspecified atom stereocenters. The number of sulfone groups is 1. The van der Waals surface area contributed by atoms with E-state index in [0.29, 0.717) is 5.56 Å². The Balaban J connectivity index is 3.24. The lowest BCUT2D eigenvalue weighted by Gasteiger charge is -2.11. The molecule has 1 atom stereocenters. The zero-order valence-electron chi connectivity index (χ0n) is 10.0. The second-order valence-electron chi connectivity index (χ2n) is 4.23. The van der Waals surface area contributed by atoms with Crippen molar-refractivity contribution in [3.05, 3.63) is 29.8 Å². The standard InChI is InChI=1S/C12H16O4S/c1-8(2)17(15,16)11-6-4-5-10(7-11)9(3)12(13)14/h4-9H,1-3H3,(H,13,14). The number of hydrogen-bond donors (Lipinski definition) is 1. The maximum atomic E-state index is 11.9. The Hall–Kier alpha value is -1.36. The summed E-state index contributed by atoms with van der Waals surface area (Å²) in [6.45, 7) is 4.73. The van der Waals surface area contributed by atoms with Crippen LogP contribution in [0.4, 0.5) is 0 Å². The number of rotatable bonds is 4. The summed E-state index contributed by atoms with van der Waals surface area (Å²) in [7, 11) is -3.35. The molecule has 17 heavy (non-hydrogen) atoms. The third kappa shape index (κ3) is 2.85. The Kier molecular flexibility index (Phi) is 3.93. The molecule has 1 aromatic carbocycles. The van der Waals surface area contributed by atoms with Crippen LogP contribution in [0, 0.1) is 0 Å². The van der Waals surface area contributed by atoms with Crippen molar-refractivity contribution in [1.82, 2.24) is 0 Å². The predicted molar refractivity (Wildman–Crippen MR) is 64.8 cm³/mol. The highest BCUT2D eigenvalue weighted by molar-refractivity contribution is 7.92. The van der Waals surface area contributed by atoms with Gasteiger partial charge in [-0.3, -0.25) is 4.79 Å². The molecule has 0 saturated heterocycles. The largest absolute Gasteiger partial charge is 0.481 e. The molecule has 0 fully saturated rings. The molecular weight excluding hydrogens is 240 g/mol. The molecule has 0 spiro atoms. The van der Waals surface area contributed by atoms with Gasteiger partial charge in [-0.15, -0.1) is 0 Å². The van der Waals surface area contributed by atoms with Gasteiger partial charge in [0.25, 0.3) is 0 Å². The summed E-state index contributed by atoms with van der Waals surface area (Å²) in [5, 5.41) is 8.37. The monoisotopic (exact) mass is 256 g/mol. The molecule has 5 heteroatoms. The van der Waals surface area contributed by atoms with E-state index in [0.717, 1.165) is 0 Å². The van der Waals surface area contributed by atoms with Gasteiger partial charge >= 0.3 is 5.97 Å². The number of aliphatic carboxylic acids is 1. The van der Waals surface area contributed by atoms with E-state index < -0.39 is 27.0 Å². The second-order valence-corrected chi connectivity index (χ2v) is 6.73. The minimum absolute atomic E-state index is 0.179. The Morgan fingerprint density at radius 2 is 1.82 bits per heavy atom. The van der Waals surface area contributed by atoms with Crippen LogP contribution in [-0.2, 0) is 14.6 Å². The average Bonchev–Trinajstić information content (AvgIpc) is 2.27. The predicted octanol–water partition coefficient (Wildman–Crippen LogP) is 2.06. The zero-order chi connectivity index (χ0) is 13.2. The molecule has 0 aromatic heterocycles. The molecule has 0 aliphatic carbocycles. The van der Waals surface area contributed by atoms with Gasteiger partial charge in [-0.2, -0.15) is 0 Å². The lowest BCUT2D eigenvalue weighted by atomic mass is 10.0. The van der Waals surface area contributed by atoms with Crippen molar-refractivity contribution < 1.29 is 18.3 Å². The first kappa shape index (κ1) is 13.7. The average molecular weight is 256 g/mol. The van der Waals surface area contributed by atoms with Crippen molar-refractivity contribution >= 4 is 15.8 Å². The fraction of sp³-hybridized carbons (Fsp3) is 0.417. The summed E-state index contributed by atoms with van der Waals surface area (Å²) < 4.78 is 23.9. The van der Waals surface area contributed by atoms with Crippen molar-refractivity contribution in [3.63, 3.8) is 0 Å². The molecule has 0 amide bonds. The Morgan fingerprint density at radius 3 is 2.29 bits per heavy atom. The van der Waals surface area contributed by atoms with Gasteiger partial charge in [0.1, 0.15) is 0 Å².